The van der Waals surface area contributed by atoms with Gasteiger partial charge >= 0.3 is 0 Å². The Kier molecular flexibility index (Phi) is 3.48. The topological polar surface area (TPSA) is 46.3 Å². The summed E-state index contributed by atoms with van der Waals surface area (Å²) in [7, 11) is 0. The van der Waals surface area contributed by atoms with E-state index in [9.17, 15) is 9.18 Å². The molecule has 0 radical (unpaired) electrons. The fraction of sp³-hybridized carbons (Fsp3) is 0.400. The first-order chi connectivity index (χ1) is 9.58. The van der Waals surface area contributed by atoms with Gasteiger partial charge in [0.2, 0.25) is 0 Å². The van der Waals surface area contributed by atoms with Gasteiger partial charge in [0.25, 0.3) is 5.91 Å². The van der Waals surface area contributed by atoms with Crippen LogP contribution in [0.3, 0.4) is 0 Å². The summed E-state index contributed by atoms with van der Waals surface area (Å²) >= 11 is 1.35. The molecule has 2 unspecified atom stereocenters. The number of hydrogen-bond acceptors (Lipinski definition) is 3. The van der Waals surface area contributed by atoms with Crippen molar-refractivity contribution >= 4 is 27.3 Å². The molecule has 1 amide bonds. The molecule has 2 heterocycles. The summed E-state index contributed by atoms with van der Waals surface area (Å²) in [5.74, 6) is 0.159. The van der Waals surface area contributed by atoms with Crippen LogP contribution >= 0.6 is 11.3 Å². The number of benzene rings is 1. The van der Waals surface area contributed by atoms with Crippen LogP contribution in [0, 0.1) is 11.7 Å². The first-order valence-corrected chi connectivity index (χ1v) is 7.60. The van der Waals surface area contributed by atoms with Gasteiger partial charge in [0.05, 0.1) is 4.88 Å². The van der Waals surface area contributed by atoms with E-state index in [4.69, 9.17) is 5.73 Å². The van der Waals surface area contributed by atoms with E-state index in [-0.39, 0.29) is 17.8 Å². The molecule has 1 aliphatic rings. The summed E-state index contributed by atoms with van der Waals surface area (Å²) < 4.78 is 14.0. The van der Waals surface area contributed by atoms with Crippen molar-refractivity contribution in [2.75, 3.05) is 13.1 Å². The fourth-order valence-electron chi connectivity index (χ4n) is 2.85. The lowest BCUT2D eigenvalue weighted by Crippen LogP contribution is -2.33. The summed E-state index contributed by atoms with van der Waals surface area (Å²) in [4.78, 5) is 15.1. The monoisotopic (exact) mass is 292 g/mol. The van der Waals surface area contributed by atoms with Gasteiger partial charge in [0.15, 0.2) is 0 Å². The molecule has 106 valence electrons. The number of nitrogens with two attached hydrogens (primary N) is 1. The predicted molar refractivity (Wildman–Crippen MR) is 79.4 cm³/mol. The number of carbonyl (C=O) groups excluding carboxylic acids is 1. The second kappa shape index (κ2) is 5.14. The third-order valence-electron chi connectivity index (χ3n) is 3.95. The Morgan fingerprint density at radius 1 is 1.50 bits per heavy atom. The van der Waals surface area contributed by atoms with E-state index in [1.54, 1.807) is 6.07 Å². The van der Waals surface area contributed by atoms with Gasteiger partial charge in [-0.1, -0.05) is 6.07 Å². The van der Waals surface area contributed by atoms with E-state index in [1.165, 1.54) is 23.5 Å². The Morgan fingerprint density at radius 2 is 2.30 bits per heavy atom. The van der Waals surface area contributed by atoms with E-state index in [1.807, 2.05) is 11.0 Å². The van der Waals surface area contributed by atoms with Crippen LogP contribution in [0.1, 0.15) is 23.0 Å². The molecule has 5 heteroatoms. The van der Waals surface area contributed by atoms with Gasteiger partial charge in [-0.15, -0.1) is 11.3 Å². The lowest BCUT2D eigenvalue weighted by atomic mass is 10.1. The van der Waals surface area contributed by atoms with E-state index >= 15 is 0 Å². The van der Waals surface area contributed by atoms with Gasteiger partial charge < -0.3 is 10.6 Å². The van der Waals surface area contributed by atoms with Crippen molar-refractivity contribution in [1.29, 1.82) is 0 Å². The largest absolute Gasteiger partial charge is 0.335 e. The highest BCUT2D eigenvalue weighted by Crippen LogP contribution is 2.30. The minimum atomic E-state index is -0.268. The Hall–Kier alpha value is -1.46. The molecule has 0 saturated carbocycles. The molecule has 0 bridgehead atoms. The van der Waals surface area contributed by atoms with Crippen LogP contribution < -0.4 is 5.73 Å². The average molecular weight is 292 g/mol. The van der Waals surface area contributed by atoms with Crippen molar-refractivity contribution in [1.82, 2.24) is 4.90 Å². The molecule has 2 N–H and O–H groups in total. The summed E-state index contributed by atoms with van der Waals surface area (Å²) in [6.45, 7) is 3.39. The fourth-order valence-corrected chi connectivity index (χ4v) is 3.89. The van der Waals surface area contributed by atoms with Crippen molar-refractivity contribution in [2.45, 2.75) is 19.4 Å². The van der Waals surface area contributed by atoms with Crippen molar-refractivity contribution in [2.24, 2.45) is 11.7 Å². The zero-order valence-electron chi connectivity index (χ0n) is 11.3. The Balaban J connectivity index is 1.89. The van der Waals surface area contributed by atoms with Crippen molar-refractivity contribution in [3.63, 3.8) is 0 Å². The SMILES string of the molecule is CC1CC(CN)CN1C(=O)c1cc2ccc(F)cc2s1. The maximum atomic E-state index is 13.2. The first-order valence-electron chi connectivity index (χ1n) is 6.78. The van der Waals surface area contributed by atoms with Crippen LogP contribution in [0.2, 0.25) is 0 Å². The van der Waals surface area contributed by atoms with Crippen molar-refractivity contribution in [3.8, 4) is 0 Å². The molecule has 1 saturated heterocycles. The summed E-state index contributed by atoms with van der Waals surface area (Å²) in [6, 6.07) is 6.69. The second-order valence-corrected chi connectivity index (χ2v) is 6.52. The number of rotatable bonds is 2. The first kappa shape index (κ1) is 13.5. The number of carbonyl (C=O) groups is 1. The van der Waals surface area contributed by atoms with Gasteiger partial charge in [0.1, 0.15) is 5.82 Å². The maximum Gasteiger partial charge on any atom is 0.264 e. The number of nitrogens with zero attached hydrogens (tertiary/aromatic N) is 1. The minimum absolute atomic E-state index is 0.0371. The van der Waals surface area contributed by atoms with Crippen LogP contribution in [0.15, 0.2) is 24.3 Å². The van der Waals surface area contributed by atoms with Crippen LogP contribution in [0.5, 0.6) is 0 Å². The maximum absolute atomic E-state index is 13.2. The molecular formula is C15H17FN2OS. The van der Waals surface area contributed by atoms with E-state index in [0.29, 0.717) is 17.3 Å². The predicted octanol–water partition coefficient (Wildman–Crippen LogP) is 2.85. The van der Waals surface area contributed by atoms with Gasteiger partial charge in [-0.25, -0.2) is 4.39 Å². The standard InChI is InChI=1S/C15H17FN2OS/c1-9-4-10(7-17)8-18(9)15(19)14-5-11-2-3-12(16)6-13(11)20-14/h2-3,5-6,9-10H,4,7-8,17H2,1H3. The lowest BCUT2D eigenvalue weighted by molar-refractivity contribution is 0.0748. The summed E-state index contributed by atoms with van der Waals surface area (Å²) in [5.41, 5.74) is 5.70. The second-order valence-electron chi connectivity index (χ2n) is 5.44. The molecule has 1 fully saturated rings. The molecular weight excluding hydrogens is 275 g/mol. The number of hydrogen-bond donors (Lipinski definition) is 1. The van der Waals surface area contributed by atoms with E-state index in [0.717, 1.165) is 23.1 Å². The number of halogens is 1. The zero-order chi connectivity index (χ0) is 14.3. The zero-order valence-corrected chi connectivity index (χ0v) is 12.1. The van der Waals surface area contributed by atoms with Gasteiger partial charge in [-0.3, -0.25) is 4.79 Å². The highest BCUT2D eigenvalue weighted by molar-refractivity contribution is 7.20. The normalized spacial score (nSPS) is 22.6. The highest BCUT2D eigenvalue weighted by atomic mass is 32.1. The van der Waals surface area contributed by atoms with Crippen molar-refractivity contribution in [3.05, 3.63) is 35.0 Å². The third-order valence-corrected chi connectivity index (χ3v) is 5.03. The van der Waals surface area contributed by atoms with Gasteiger partial charge in [0, 0.05) is 17.3 Å². The van der Waals surface area contributed by atoms with Gasteiger partial charge in [-0.2, -0.15) is 0 Å². The summed E-state index contributed by atoms with van der Waals surface area (Å²) in [6.07, 6.45) is 0.960. The number of fused-ring (bicyclic) bond motifs is 1. The molecule has 2 aromatic rings. The molecule has 0 aliphatic carbocycles. The van der Waals surface area contributed by atoms with E-state index in [2.05, 4.69) is 6.92 Å². The quantitative estimate of drug-likeness (QED) is 0.925. The molecule has 3 rings (SSSR count). The molecule has 2 atom stereocenters. The smallest absolute Gasteiger partial charge is 0.264 e. The molecule has 3 nitrogen and oxygen atoms in total. The highest BCUT2D eigenvalue weighted by Gasteiger charge is 2.32. The number of amides is 1. The molecule has 1 aliphatic heterocycles. The molecule has 20 heavy (non-hydrogen) atoms. The van der Waals surface area contributed by atoms with Gasteiger partial charge in [-0.05, 0) is 49.4 Å². The Morgan fingerprint density at radius 3 is 3.00 bits per heavy atom. The summed E-state index contributed by atoms with van der Waals surface area (Å²) in [5, 5.41) is 0.918. The third kappa shape index (κ3) is 2.31. The minimum Gasteiger partial charge on any atom is -0.335 e. The Labute approximate surface area is 121 Å². The van der Waals surface area contributed by atoms with Crippen LogP contribution in [-0.2, 0) is 0 Å². The van der Waals surface area contributed by atoms with Crippen LogP contribution in [0.4, 0.5) is 4.39 Å². The lowest BCUT2D eigenvalue weighted by Gasteiger charge is -2.20. The molecule has 0 spiro atoms. The number of thiophene rings is 1. The van der Waals surface area contributed by atoms with Crippen LogP contribution in [0.25, 0.3) is 10.1 Å². The van der Waals surface area contributed by atoms with Crippen molar-refractivity contribution < 1.29 is 9.18 Å². The van der Waals surface area contributed by atoms with E-state index < -0.39 is 0 Å². The molecule has 1 aromatic heterocycles. The number of likely N-dealkylation sites (tertiary alicyclic amines) is 1. The Bertz CT molecular complexity index is 654. The average Bonchev–Trinajstić information content (AvgIpc) is 3.00. The molecule has 1 aromatic carbocycles. The van der Waals surface area contributed by atoms with Crippen LogP contribution in [-0.4, -0.2) is 29.9 Å².